The zero-order valence-corrected chi connectivity index (χ0v) is 10.9. The number of aryl methyl sites for hydroxylation is 2. The van der Waals surface area contributed by atoms with E-state index in [0.29, 0.717) is 0 Å². The topological polar surface area (TPSA) is 4.93 Å². The van der Waals surface area contributed by atoms with Crippen LogP contribution in [0.25, 0.3) is 0 Å². The molecule has 86 valence electrons. The van der Waals surface area contributed by atoms with Crippen LogP contribution in [0, 0.1) is 6.92 Å². The SMILES string of the molecule is CC.CC1=CCCC1.Cc1cccn1C. The van der Waals surface area contributed by atoms with Crippen molar-refractivity contribution in [1.29, 1.82) is 0 Å². The maximum atomic E-state index is 2.32. The third-order valence-corrected chi connectivity index (χ3v) is 2.47. The highest BCUT2D eigenvalue weighted by Crippen LogP contribution is 2.15. The molecule has 0 amide bonds. The minimum absolute atomic E-state index is 1.31. The first-order chi connectivity index (χ1) is 7.20. The minimum atomic E-state index is 1.31. The van der Waals surface area contributed by atoms with Gasteiger partial charge in [0.25, 0.3) is 0 Å². The molecule has 0 saturated heterocycles. The van der Waals surface area contributed by atoms with Crippen LogP contribution in [0.5, 0.6) is 0 Å². The molecule has 0 spiro atoms. The fraction of sp³-hybridized carbons (Fsp3) is 0.571. The van der Waals surface area contributed by atoms with E-state index in [1.165, 1.54) is 25.0 Å². The Morgan fingerprint density at radius 1 is 1.20 bits per heavy atom. The summed E-state index contributed by atoms with van der Waals surface area (Å²) < 4.78 is 2.08. The van der Waals surface area contributed by atoms with Crippen molar-refractivity contribution in [3.8, 4) is 0 Å². The van der Waals surface area contributed by atoms with Crippen LogP contribution in [-0.4, -0.2) is 4.57 Å². The van der Waals surface area contributed by atoms with Crippen LogP contribution in [0.15, 0.2) is 30.0 Å². The first-order valence-corrected chi connectivity index (χ1v) is 5.93. The smallest absolute Gasteiger partial charge is 0.0140 e. The molecular formula is C14H25N. The molecule has 1 aliphatic rings. The molecule has 1 aromatic rings. The van der Waals surface area contributed by atoms with E-state index in [1.54, 1.807) is 5.57 Å². The number of hydrogen-bond donors (Lipinski definition) is 0. The van der Waals surface area contributed by atoms with Crippen molar-refractivity contribution >= 4 is 0 Å². The Labute approximate surface area is 94.8 Å². The predicted octanol–water partition coefficient (Wildman–Crippen LogP) is 4.48. The maximum absolute atomic E-state index is 2.32. The Morgan fingerprint density at radius 3 is 2.00 bits per heavy atom. The molecule has 1 aromatic heterocycles. The summed E-state index contributed by atoms with van der Waals surface area (Å²) >= 11 is 0. The fourth-order valence-electron chi connectivity index (χ4n) is 1.38. The van der Waals surface area contributed by atoms with Crippen molar-refractivity contribution < 1.29 is 0 Å². The monoisotopic (exact) mass is 207 g/mol. The van der Waals surface area contributed by atoms with Gasteiger partial charge in [0.2, 0.25) is 0 Å². The molecule has 0 N–H and O–H groups in total. The van der Waals surface area contributed by atoms with E-state index in [-0.39, 0.29) is 0 Å². The lowest BCUT2D eigenvalue weighted by Gasteiger charge is -1.89. The minimum Gasteiger partial charge on any atom is -0.355 e. The van der Waals surface area contributed by atoms with Crippen molar-refractivity contribution in [3.05, 3.63) is 35.7 Å². The van der Waals surface area contributed by atoms with Crippen molar-refractivity contribution in [1.82, 2.24) is 4.57 Å². The van der Waals surface area contributed by atoms with Crippen LogP contribution in [0.3, 0.4) is 0 Å². The van der Waals surface area contributed by atoms with E-state index in [9.17, 15) is 0 Å². The van der Waals surface area contributed by atoms with Gasteiger partial charge in [0.1, 0.15) is 0 Å². The average molecular weight is 207 g/mol. The van der Waals surface area contributed by atoms with E-state index in [4.69, 9.17) is 0 Å². The highest BCUT2D eigenvalue weighted by atomic mass is 14.9. The summed E-state index contributed by atoms with van der Waals surface area (Å²) in [7, 11) is 2.04. The van der Waals surface area contributed by atoms with E-state index < -0.39 is 0 Å². The van der Waals surface area contributed by atoms with Gasteiger partial charge in [0.15, 0.2) is 0 Å². The third kappa shape index (κ3) is 6.16. The van der Waals surface area contributed by atoms with E-state index in [1.807, 2.05) is 33.2 Å². The molecule has 0 atom stereocenters. The molecule has 1 heteroatoms. The number of rotatable bonds is 0. The Kier molecular flexibility index (Phi) is 7.79. The van der Waals surface area contributed by atoms with E-state index in [2.05, 4.69) is 30.6 Å². The summed E-state index contributed by atoms with van der Waals surface area (Å²) in [6, 6.07) is 4.12. The maximum Gasteiger partial charge on any atom is 0.0140 e. The Hall–Kier alpha value is -0.980. The van der Waals surface area contributed by atoms with Crippen molar-refractivity contribution in [2.45, 2.75) is 47.0 Å². The van der Waals surface area contributed by atoms with Gasteiger partial charge in [0.05, 0.1) is 0 Å². The highest BCUT2D eigenvalue weighted by Gasteiger charge is 1.95. The van der Waals surface area contributed by atoms with Crippen LogP contribution in [-0.2, 0) is 7.05 Å². The largest absolute Gasteiger partial charge is 0.355 e. The molecule has 0 bridgehead atoms. The molecule has 0 aliphatic heterocycles. The van der Waals surface area contributed by atoms with Crippen LogP contribution >= 0.6 is 0 Å². The van der Waals surface area contributed by atoms with Gasteiger partial charge >= 0.3 is 0 Å². The molecule has 1 aliphatic carbocycles. The van der Waals surface area contributed by atoms with Gasteiger partial charge in [-0.05, 0) is 45.2 Å². The molecule has 0 fully saturated rings. The lowest BCUT2D eigenvalue weighted by molar-refractivity contribution is 0.882. The van der Waals surface area contributed by atoms with Crippen LogP contribution in [0.4, 0.5) is 0 Å². The van der Waals surface area contributed by atoms with Crippen molar-refractivity contribution in [2.75, 3.05) is 0 Å². The second-order valence-electron chi connectivity index (χ2n) is 3.70. The lowest BCUT2D eigenvalue weighted by Crippen LogP contribution is -1.84. The third-order valence-electron chi connectivity index (χ3n) is 2.47. The lowest BCUT2D eigenvalue weighted by atomic mass is 10.3. The normalized spacial score (nSPS) is 13.3. The summed E-state index contributed by atoms with van der Waals surface area (Å²) in [4.78, 5) is 0. The Morgan fingerprint density at radius 2 is 1.87 bits per heavy atom. The average Bonchev–Trinajstić information content (AvgIpc) is 2.84. The highest BCUT2D eigenvalue weighted by molar-refractivity contribution is 5.03. The van der Waals surface area contributed by atoms with E-state index in [0.717, 1.165) is 0 Å². The molecule has 2 rings (SSSR count). The van der Waals surface area contributed by atoms with E-state index >= 15 is 0 Å². The van der Waals surface area contributed by atoms with Gasteiger partial charge in [0, 0.05) is 18.9 Å². The molecule has 1 nitrogen and oxygen atoms in total. The van der Waals surface area contributed by atoms with Gasteiger partial charge in [-0.25, -0.2) is 0 Å². The second-order valence-corrected chi connectivity index (χ2v) is 3.70. The summed E-state index contributed by atoms with van der Waals surface area (Å²) in [5, 5.41) is 0. The van der Waals surface area contributed by atoms with Crippen molar-refractivity contribution in [2.24, 2.45) is 7.05 Å². The standard InChI is InChI=1S/C6H9N.C6H10.C2H6/c1-6-4-3-5-7(6)2;1-6-4-2-3-5-6;1-2/h3-5H,1-2H3;4H,2-3,5H2,1H3;1-2H3. The van der Waals surface area contributed by atoms with Crippen LogP contribution < -0.4 is 0 Å². The number of allylic oxidation sites excluding steroid dienone is 2. The van der Waals surface area contributed by atoms with Gasteiger partial charge in [-0.1, -0.05) is 25.5 Å². The van der Waals surface area contributed by atoms with Crippen molar-refractivity contribution in [3.63, 3.8) is 0 Å². The molecule has 0 unspecified atom stereocenters. The zero-order valence-electron chi connectivity index (χ0n) is 10.9. The molecule has 0 saturated carbocycles. The first kappa shape index (κ1) is 14.0. The van der Waals surface area contributed by atoms with Gasteiger partial charge in [-0.2, -0.15) is 0 Å². The Balaban J connectivity index is 0.000000227. The van der Waals surface area contributed by atoms with Gasteiger partial charge < -0.3 is 4.57 Å². The number of nitrogens with zero attached hydrogens (tertiary/aromatic N) is 1. The molecule has 0 aromatic carbocycles. The molecule has 0 radical (unpaired) electrons. The quantitative estimate of drug-likeness (QED) is 0.553. The fourth-order valence-corrected chi connectivity index (χ4v) is 1.38. The molecule has 15 heavy (non-hydrogen) atoms. The summed E-state index contributed by atoms with van der Waals surface area (Å²) in [5.74, 6) is 0. The zero-order chi connectivity index (χ0) is 11.7. The predicted molar refractivity (Wildman–Crippen MR) is 69.1 cm³/mol. The Bertz CT molecular complexity index is 265. The van der Waals surface area contributed by atoms with Gasteiger partial charge in [-0.15, -0.1) is 0 Å². The number of hydrogen-bond acceptors (Lipinski definition) is 0. The number of aromatic nitrogens is 1. The first-order valence-electron chi connectivity index (χ1n) is 5.93. The second kappa shape index (κ2) is 8.34. The summed E-state index contributed by atoms with van der Waals surface area (Å²) in [5.41, 5.74) is 2.88. The molecule has 1 heterocycles. The van der Waals surface area contributed by atoms with Crippen LogP contribution in [0.2, 0.25) is 0 Å². The van der Waals surface area contributed by atoms with Gasteiger partial charge in [-0.3, -0.25) is 0 Å². The summed E-state index contributed by atoms with van der Waals surface area (Å²) in [6.07, 6.45) is 8.42. The van der Waals surface area contributed by atoms with Crippen LogP contribution in [0.1, 0.15) is 45.7 Å². The molecular weight excluding hydrogens is 182 g/mol. The summed E-state index contributed by atoms with van der Waals surface area (Å²) in [6.45, 7) is 8.28.